The predicted molar refractivity (Wildman–Crippen MR) is 59.9 cm³/mol. The van der Waals surface area contributed by atoms with Crippen LogP contribution in [0.5, 0.6) is 0 Å². The first-order valence-electron chi connectivity index (χ1n) is 4.67. The van der Waals surface area contributed by atoms with E-state index in [9.17, 15) is 26.0 Å². The molecule has 1 N–H and O–H groups in total. The van der Waals surface area contributed by atoms with E-state index in [1.165, 1.54) is 6.92 Å². The molecule has 0 aromatic heterocycles. The Balaban J connectivity index is 3.29. The van der Waals surface area contributed by atoms with Gasteiger partial charge in [-0.25, -0.2) is 30.7 Å². The Morgan fingerprint density at radius 2 is 1.78 bits per heavy atom. The number of sulfonamides is 1. The second kappa shape index (κ2) is 5.45. The van der Waals surface area contributed by atoms with Gasteiger partial charge in [0.1, 0.15) is 5.82 Å². The monoisotopic (exact) mass is 303 g/mol. The lowest BCUT2D eigenvalue weighted by Gasteiger charge is -2.10. The smallest absolute Gasteiger partial charge is 0.210 e. The van der Waals surface area contributed by atoms with Crippen LogP contribution in [0.1, 0.15) is 6.92 Å². The van der Waals surface area contributed by atoms with Crippen molar-refractivity contribution in [2.75, 3.05) is 6.54 Å². The third kappa shape index (κ3) is 3.15. The van der Waals surface area contributed by atoms with Crippen molar-refractivity contribution < 1.29 is 26.0 Å². The molecule has 0 fully saturated rings. The van der Waals surface area contributed by atoms with Gasteiger partial charge in [-0.15, -0.1) is 0 Å². The molecule has 0 saturated heterocycles. The number of benzene rings is 1. The Morgan fingerprint density at radius 1 is 1.22 bits per heavy atom. The van der Waals surface area contributed by atoms with E-state index in [2.05, 4.69) is 12.6 Å². The molecule has 102 valence electrons. The van der Waals surface area contributed by atoms with E-state index in [-0.39, 0.29) is 12.6 Å². The summed E-state index contributed by atoms with van der Waals surface area (Å²) in [6.07, 6.45) is 0. The van der Waals surface area contributed by atoms with Crippen LogP contribution in [0.2, 0.25) is 0 Å². The Kier molecular flexibility index (Phi) is 4.62. The number of thiol groups is 1. The average Bonchev–Trinajstić information content (AvgIpc) is 2.23. The Bertz CT molecular complexity index is 560. The third-order valence-electron chi connectivity index (χ3n) is 1.91. The van der Waals surface area contributed by atoms with Crippen LogP contribution in [-0.4, -0.2) is 20.2 Å². The fraction of sp³-hybridized carbons (Fsp3) is 0.333. The van der Waals surface area contributed by atoms with Crippen molar-refractivity contribution in [3.8, 4) is 0 Å². The van der Waals surface area contributed by atoms with Crippen LogP contribution < -0.4 is 4.72 Å². The second-order valence-corrected chi connectivity index (χ2v) is 6.08. The van der Waals surface area contributed by atoms with E-state index in [0.717, 1.165) is 0 Å². The summed E-state index contributed by atoms with van der Waals surface area (Å²) in [5.41, 5.74) is 0. The van der Waals surface area contributed by atoms with E-state index >= 15 is 0 Å². The molecule has 1 aromatic carbocycles. The van der Waals surface area contributed by atoms with Crippen molar-refractivity contribution in [1.82, 2.24) is 4.72 Å². The van der Waals surface area contributed by atoms with Gasteiger partial charge in [-0.3, -0.25) is 0 Å². The van der Waals surface area contributed by atoms with E-state index in [1.54, 1.807) is 0 Å². The van der Waals surface area contributed by atoms with Crippen molar-refractivity contribution in [1.29, 1.82) is 0 Å². The molecule has 0 radical (unpaired) electrons. The Morgan fingerprint density at radius 3 is 2.28 bits per heavy atom. The highest BCUT2D eigenvalue weighted by atomic mass is 32.2. The zero-order valence-electron chi connectivity index (χ0n) is 9.05. The van der Waals surface area contributed by atoms with Crippen LogP contribution >= 0.6 is 12.6 Å². The van der Waals surface area contributed by atoms with Gasteiger partial charge in [0.25, 0.3) is 0 Å². The van der Waals surface area contributed by atoms with E-state index < -0.39 is 43.4 Å². The molecule has 1 rings (SSSR count). The minimum absolute atomic E-state index is 0.0307. The van der Waals surface area contributed by atoms with Crippen molar-refractivity contribution in [2.45, 2.75) is 17.1 Å². The molecule has 0 saturated carbocycles. The molecule has 0 spiro atoms. The molecular weight excluding hydrogens is 294 g/mol. The van der Waals surface area contributed by atoms with Crippen LogP contribution in [0.15, 0.2) is 11.0 Å². The molecule has 1 atom stereocenters. The summed E-state index contributed by atoms with van der Waals surface area (Å²) < 4.78 is 76.9. The first-order chi connectivity index (χ1) is 8.16. The van der Waals surface area contributed by atoms with Crippen LogP contribution in [-0.2, 0) is 10.0 Å². The minimum atomic E-state index is -4.61. The van der Waals surface area contributed by atoms with Crippen molar-refractivity contribution in [3.63, 3.8) is 0 Å². The highest BCUT2D eigenvalue weighted by Crippen LogP contribution is 2.23. The largest absolute Gasteiger partial charge is 0.246 e. The molecule has 0 bridgehead atoms. The fourth-order valence-corrected chi connectivity index (χ4v) is 2.57. The third-order valence-corrected chi connectivity index (χ3v) is 3.55. The Hall–Kier alpha value is -0.800. The van der Waals surface area contributed by atoms with Gasteiger partial charge in [0.15, 0.2) is 22.3 Å². The summed E-state index contributed by atoms with van der Waals surface area (Å²) in [5.74, 6) is -7.64. The van der Waals surface area contributed by atoms with Gasteiger partial charge in [-0.1, -0.05) is 6.92 Å². The number of hydrogen-bond donors (Lipinski definition) is 2. The quantitative estimate of drug-likeness (QED) is 0.386. The van der Waals surface area contributed by atoms with Crippen molar-refractivity contribution in [3.05, 3.63) is 29.3 Å². The second-order valence-electron chi connectivity index (χ2n) is 3.50. The maximum Gasteiger partial charge on any atom is 0.246 e. The molecular formula is C9H9F4NO2S2. The lowest BCUT2D eigenvalue weighted by Crippen LogP contribution is -2.30. The Labute approximate surface area is 107 Å². The molecule has 0 amide bonds. The molecule has 1 unspecified atom stereocenters. The molecule has 1 aromatic rings. The summed E-state index contributed by atoms with van der Waals surface area (Å²) in [6, 6.07) is -0.0307. The van der Waals surface area contributed by atoms with E-state index in [0.29, 0.717) is 0 Å². The van der Waals surface area contributed by atoms with Crippen LogP contribution in [0, 0.1) is 23.3 Å². The topological polar surface area (TPSA) is 46.2 Å². The minimum Gasteiger partial charge on any atom is -0.210 e. The fourth-order valence-electron chi connectivity index (χ4n) is 1.10. The highest BCUT2D eigenvalue weighted by molar-refractivity contribution is 7.89. The SMILES string of the molecule is CC(S)CNS(=O)(=O)c1c(F)cc(F)c(F)c1F. The van der Waals surface area contributed by atoms with Gasteiger partial charge in [0.05, 0.1) is 0 Å². The lowest BCUT2D eigenvalue weighted by atomic mass is 10.3. The van der Waals surface area contributed by atoms with Crippen molar-refractivity contribution >= 4 is 22.7 Å². The van der Waals surface area contributed by atoms with Gasteiger partial charge in [0, 0.05) is 17.9 Å². The molecule has 0 heterocycles. The van der Waals surface area contributed by atoms with Gasteiger partial charge in [-0.05, 0) is 0 Å². The van der Waals surface area contributed by atoms with E-state index in [1.807, 2.05) is 4.72 Å². The van der Waals surface area contributed by atoms with Crippen LogP contribution in [0.3, 0.4) is 0 Å². The summed E-state index contributed by atoms with van der Waals surface area (Å²) in [7, 11) is -4.61. The lowest BCUT2D eigenvalue weighted by molar-refractivity contribution is 0.410. The first-order valence-corrected chi connectivity index (χ1v) is 6.67. The number of hydrogen-bond acceptors (Lipinski definition) is 3. The van der Waals surface area contributed by atoms with Gasteiger partial charge < -0.3 is 0 Å². The van der Waals surface area contributed by atoms with Crippen molar-refractivity contribution in [2.24, 2.45) is 0 Å². The zero-order chi connectivity index (χ0) is 14.1. The average molecular weight is 303 g/mol. The van der Waals surface area contributed by atoms with Gasteiger partial charge in [-0.2, -0.15) is 12.6 Å². The number of nitrogens with one attached hydrogen (secondary N) is 1. The summed E-state index contributed by atoms with van der Waals surface area (Å²) in [5, 5.41) is -0.420. The summed E-state index contributed by atoms with van der Waals surface area (Å²) in [6.45, 7) is 1.31. The first kappa shape index (κ1) is 15.3. The maximum atomic E-state index is 13.3. The number of rotatable bonds is 4. The molecule has 0 aliphatic carbocycles. The van der Waals surface area contributed by atoms with E-state index in [4.69, 9.17) is 0 Å². The number of halogens is 4. The molecule has 0 aliphatic rings. The van der Waals surface area contributed by atoms with Gasteiger partial charge >= 0.3 is 0 Å². The van der Waals surface area contributed by atoms with Gasteiger partial charge in [0.2, 0.25) is 10.0 Å². The molecule has 0 aliphatic heterocycles. The summed E-state index contributed by atoms with van der Waals surface area (Å²) >= 11 is 3.86. The summed E-state index contributed by atoms with van der Waals surface area (Å²) in [4.78, 5) is -1.55. The van der Waals surface area contributed by atoms with Crippen LogP contribution in [0.4, 0.5) is 17.6 Å². The molecule has 9 heteroatoms. The normalized spacial score (nSPS) is 13.7. The highest BCUT2D eigenvalue weighted by Gasteiger charge is 2.29. The maximum absolute atomic E-state index is 13.3. The standard InChI is InChI=1S/C9H9F4NO2S2/c1-4(17)3-14-18(15,16)9-6(11)2-5(10)7(12)8(9)13/h2,4,14,17H,3H2,1H3. The molecule has 3 nitrogen and oxygen atoms in total. The van der Waals surface area contributed by atoms with Crippen LogP contribution in [0.25, 0.3) is 0 Å². The predicted octanol–water partition coefficient (Wildman–Crippen LogP) is 1.84. The zero-order valence-corrected chi connectivity index (χ0v) is 10.8. The molecule has 18 heavy (non-hydrogen) atoms.